The van der Waals surface area contributed by atoms with Crippen molar-refractivity contribution in [2.75, 3.05) is 0 Å². The lowest BCUT2D eigenvalue weighted by atomic mass is 9.72. The highest BCUT2D eigenvalue weighted by Crippen LogP contribution is 2.53. The van der Waals surface area contributed by atoms with E-state index in [0.29, 0.717) is 0 Å². The Labute approximate surface area is 267 Å². The monoisotopic (exact) mass is 582 g/mol. The molecule has 0 atom stereocenters. The third-order valence-corrected chi connectivity index (χ3v) is 10.7. The van der Waals surface area contributed by atoms with Gasteiger partial charge >= 0.3 is 0 Å². The van der Waals surface area contributed by atoms with E-state index >= 15 is 0 Å². The van der Waals surface area contributed by atoms with E-state index < -0.39 is 0 Å². The average Bonchev–Trinajstić information content (AvgIpc) is 3.71. The van der Waals surface area contributed by atoms with Crippen LogP contribution in [0.25, 0.3) is 22.3 Å². The van der Waals surface area contributed by atoms with E-state index in [9.17, 15) is 0 Å². The molecule has 0 radical (unpaired) electrons. The molecule has 4 aromatic carbocycles. The summed E-state index contributed by atoms with van der Waals surface area (Å²) < 4.78 is 0. The van der Waals surface area contributed by atoms with Crippen LogP contribution in [-0.4, -0.2) is 11.4 Å². The van der Waals surface area contributed by atoms with Crippen molar-refractivity contribution in [2.45, 2.75) is 60.8 Å². The second-order valence-corrected chi connectivity index (χ2v) is 13.6. The summed E-state index contributed by atoms with van der Waals surface area (Å²) in [7, 11) is 0. The second kappa shape index (κ2) is 9.59. The van der Waals surface area contributed by atoms with Gasteiger partial charge in [-0.15, -0.1) is 0 Å². The zero-order valence-corrected chi connectivity index (χ0v) is 27.5. The van der Waals surface area contributed by atoms with Crippen LogP contribution < -0.4 is 0 Å². The van der Waals surface area contributed by atoms with Gasteiger partial charge < -0.3 is 0 Å². The second-order valence-electron chi connectivity index (χ2n) is 13.6. The molecule has 0 N–H and O–H groups in total. The number of rotatable bonds is 4. The molecule has 220 valence electrons. The highest BCUT2D eigenvalue weighted by Gasteiger charge is 2.38. The van der Waals surface area contributed by atoms with Gasteiger partial charge in [0.25, 0.3) is 0 Å². The predicted molar refractivity (Wildman–Crippen MR) is 192 cm³/mol. The minimum Gasteiger partial charge on any atom is -0.247 e. The Morgan fingerprint density at radius 3 is 1.20 bits per heavy atom. The molecule has 0 amide bonds. The lowest BCUT2D eigenvalue weighted by molar-refractivity contribution is 0.631. The maximum Gasteiger partial charge on any atom is 0.0754 e. The maximum atomic E-state index is 5.20. The van der Waals surface area contributed by atoms with E-state index in [2.05, 4.69) is 140 Å². The van der Waals surface area contributed by atoms with Gasteiger partial charge in [-0.3, -0.25) is 0 Å². The number of hydrogen-bond acceptors (Lipinski definition) is 2. The molecule has 2 nitrogen and oxygen atoms in total. The Hall–Kier alpha value is -4.82. The molecule has 2 heteroatoms. The molecule has 0 bridgehead atoms. The SMILES string of the molecule is CC1=C(C)C(c2ccccc2)=C2C1=Nc1cc(C)c(C(C)(C)c3cc4c(cc3C)N=C3C(C)=C(C)C(c5ccccc5)=C34)cc12. The summed E-state index contributed by atoms with van der Waals surface area (Å²) in [6.45, 7) is 18.2. The fourth-order valence-electron chi connectivity index (χ4n) is 8.16. The summed E-state index contributed by atoms with van der Waals surface area (Å²) in [5, 5.41) is 0. The van der Waals surface area contributed by atoms with Crippen molar-refractivity contribution in [2.24, 2.45) is 9.98 Å². The summed E-state index contributed by atoms with van der Waals surface area (Å²) in [5.41, 5.74) is 24.9. The van der Waals surface area contributed by atoms with Crippen LogP contribution in [0, 0.1) is 13.8 Å². The minimum atomic E-state index is -0.239. The summed E-state index contributed by atoms with van der Waals surface area (Å²) >= 11 is 0. The van der Waals surface area contributed by atoms with Crippen molar-refractivity contribution in [1.29, 1.82) is 0 Å². The van der Waals surface area contributed by atoms with Crippen molar-refractivity contribution in [3.63, 3.8) is 0 Å². The van der Waals surface area contributed by atoms with E-state index in [1.54, 1.807) is 0 Å². The number of aliphatic imine (C=N–C) groups is 2. The largest absolute Gasteiger partial charge is 0.247 e. The number of allylic oxidation sites excluding steroid dienone is 8. The molecular weight excluding hydrogens is 544 g/mol. The fourth-order valence-corrected chi connectivity index (χ4v) is 8.16. The normalized spacial score (nSPS) is 16.8. The van der Waals surface area contributed by atoms with Crippen LogP contribution in [0.4, 0.5) is 11.4 Å². The molecule has 0 spiro atoms. The van der Waals surface area contributed by atoms with Gasteiger partial charge in [0, 0.05) is 27.7 Å². The Morgan fingerprint density at radius 2 is 0.822 bits per heavy atom. The van der Waals surface area contributed by atoms with Gasteiger partial charge in [0.2, 0.25) is 0 Å². The topological polar surface area (TPSA) is 24.7 Å². The number of benzene rings is 4. The van der Waals surface area contributed by atoms with Crippen molar-refractivity contribution < 1.29 is 0 Å². The average molecular weight is 583 g/mol. The first-order chi connectivity index (χ1) is 21.6. The van der Waals surface area contributed by atoms with E-state index in [0.717, 1.165) is 22.8 Å². The van der Waals surface area contributed by atoms with Crippen LogP contribution >= 0.6 is 0 Å². The molecule has 0 fully saturated rings. The summed E-state index contributed by atoms with van der Waals surface area (Å²) in [4.78, 5) is 10.4. The van der Waals surface area contributed by atoms with E-state index in [4.69, 9.17) is 9.98 Å². The standard InChI is InChI=1S/C43H38N2/c1-23-19-35-31(39-37(29-15-11-9-12-16-29)25(3)27(5)41(39)44-35)21-33(23)43(7,8)34-22-32-36(20-24(34)2)45-42-28(6)26(4)38(40(32)42)30-17-13-10-14-18-30/h9-22H,1-8H3. The Bertz CT molecular complexity index is 2040. The predicted octanol–water partition coefficient (Wildman–Crippen LogP) is 11.3. The molecule has 45 heavy (non-hydrogen) atoms. The van der Waals surface area contributed by atoms with Crippen molar-refractivity contribution in [3.05, 3.63) is 152 Å². The molecule has 4 aliphatic rings. The summed E-state index contributed by atoms with van der Waals surface area (Å²) in [6.07, 6.45) is 0. The smallest absolute Gasteiger partial charge is 0.0754 e. The molecule has 2 heterocycles. The molecule has 2 aliphatic heterocycles. The molecule has 8 rings (SSSR count). The molecule has 2 aliphatic carbocycles. The number of fused-ring (bicyclic) bond motifs is 6. The highest BCUT2D eigenvalue weighted by atomic mass is 14.8. The molecular formula is C43H38N2. The third-order valence-electron chi connectivity index (χ3n) is 10.7. The first-order valence-corrected chi connectivity index (χ1v) is 16.0. The number of aryl methyl sites for hydroxylation is 2. The van der Waals surface area contributed by atoms with Crippen LogP contribution in [0.5, 0.6) is 0 Å². The van der Waals surface area contributed by atoms with Gasteiger partial charge in [-0.25, -0.2) is 9.98 Å². The zero-order chi connectivity index (χ0) is 31.4. The van der Waals surface area contributed by atoms with Crippen molar-refractivity contribution >= 4 is 45.1 Å². The molecule has 0 saturated carbocycles. The Morgan fingerprint density at radius 1 is 0.444 bits per heavy atom. The Balaban J connectivity index is 1.29. The maximum absolute atomic E-state index is 5.20. The molecule has 0 aromatic heterocycles. The first kappa shape index (κ1) is 27.7. The third kappa shape index (κ3) is 3.81. The molecule has 0 unspecified atom stereocenters. The van der Waals surface area contributed by atoms with Crippen molar-refractivity contribution in [3.8, 4) is 0 Å². The molecule has 4 aromatic rings. The Kier molecular flexibility index (Phi) is 5.90. The van der Waals surface area contributed by atoms with Gasteiger partial charge in [-0.2, -0.15) is 0 Å². The highest BCUT2D eigenvalue weighted by molar-refractivity contribution is 6.46. The van der Waals surface area contributed by atoms with Crippen LogP contribution in [0.1, 0.15) is 86.1 Å². The van der Waals surface area contributed by atoms with E-state index in [-0.39, 0.29) is 5.41 Å². The summed E-state index contributed by atoms with van der Waals surface area (Å²) in [6, 6.07) is 31.1. The number of nitrogens with zero attached hydrogens (tertiary/aromatic N) is 2. The van der Waals surface area contributed by atoms with Gasteiger partial charge in [-0.05, 0) is 133 Å². The fraction of sp³-hybridized carbons (Fsp3) is 0.209. The van der Waals surface area contributed by atoms with E-state index in [1.807, 2.05) is 0 Å². The zero-order valence-electron chi connectivity index (χ0n) is 27.5. The number of hydrogen-bond donors (Lipinski definition) is 0. The first-order valence-electron chi connectivity index (χ1n) is 16.0. The van der Waals surface area contributed by atoms with Gasteiger partial charge in [0.05, 0.1) is 22.8 Å². The van der Waals surface area contributed by atoms with Gasteiger partial charge in [-0.1, -0.05) is 74.5 Å². The summed E-state index contributed by atoms with van der Waals surface area (Å²) in [5.74, 6) is 0. The van der Waals surface area contributed by atoms with Crippen LogP contribution in [0.2, 0.25) is 0 Å². The van der Waals surface area contributed by atoms with Gasteiger partial charge in [0.15, 0.2) is 0 Å². The van der Waals surface area contributed by atoms with Crippen LogP contribution in [-0.2, 0) is 5.41 Å². The van der Waals surface area contributed by atoms with Crippen LogP contribution in [0.15, 0.2) is 117 Å². The van der Waals surface area contributed by atoms with Crippen molar-refractivity contribution in [1.82, 2.24) is 0 Å². The lowest BCUT2D eigenvalue weighted by Gasteiger charge is -2.31. The quantitative estimate of drug-likeness (QED) is 0.229. The molecule has 0 saturated heterocycles. The lowest BCUT2D eigenvalue weighted by Crippen LogP contribution is -2.22. The minimum absolute atomic E-state index is 0.239. The van der Waals surface area contributed by atoms with Gasteiger partial charge in [0.1, 0.15) is 0 Å². The van der Waals surface area contributed by atoms with Crippen LogP contribution in [0.3, 0.4) is 0 Å². The van der Waals surface area contributed by atoms with E-state index in [1.165, 1.54) is 89.1 Å².